The lowest BCUT2D eigenvalue weighted by Gasteiger charge is -2.28. The Balaban J connectivity index is 1.51. The zero-order chi connectivity index (χ0) is 20.5. The first-order valence-electron chi connectivity index (χ1n) is 11.2. The van der Waals surface area contributed by atoms with Crippen molar-refractivity contribution in [2.75, 3.05) is 13.2 Å². The van der Waals surface area contributed by atoms with Crippen LogP contribution in [0, 0.1) is 5.92 Å². The van der Waals surface area contributed by atoms with E-state index in [1.807, 2.05) is 24.3 Å². The Hall–Kier alpha value is -2.75. The topological polar surface area (TPSA) is 42.7 Å². The van der Waals surface area contributed by atoms with Gasteiger partial charge in [-0.2, -0.15) is 0 Å². The molecule has 2 aromatic carbocycles. The third-order valence-electron chi connectivity index (χ3n) is 6.59. The van der Waals surface area contributed by atoms with Gasteiger partial charge in [0.1, 0.15) is 17.1 Å². The summed E-state index contributed by atoms with van der Waals surface area (Å²) in [7, 11) is 0. The van der Waals surface area contributed by atoms with Crippen LogP contribution in [0.25, 0.3) is 11.0 Å². The lowest BCUT2D eigenvalue weighted by atomic mass is 9.96. The molecule has 4 heteroatoms. The Labute approximate surface area is 177 Å². The fourth-order valence-corrected chi connectivity index (χ4v) is 5.02. The largest absolute Gasteiger partial charge is 0.494 e. The van der Waals surface area contributed by atoms with Gasteiger partial charge in [-0.1, -0.05) is 37.3 Å². The second kappa shape index (κ2) is 8.17. The molecule has 3 aliphatic rings. The fourth-order valence-electron chi connectivity index (χ4n) is 5.02. The van der Waals surface area contributed by atoms with Gasteiger partial charge >= 0.3 is 0 Å². The summed E-state index contributed by atoms with van der Waals surface area (Å²) >= 11 is 0. The molecule has 0 unspecified atom stereocenters. The molecule has 1 fully saturated rings. The van der Waals surface area contributed by atoms with Crippen molar-refractivity contribution >= 4 is 16.9 Å². The first-order chi connectivity index (χ1) is 14.7. The molecule has 1 amide bonds. The predicted octanol–water partition coefficient (Wildman–Crippen LogP) is 5.17. The SMILES string of the molecule is C[C@H]1Cc2ccc(cc2)OCCCc2oc3ccccc3c2C[C@@H]2CCCN2C1=O. The average Bonchev–Trinajstić information content (AvgIpc) is 3.36. The van der Waals surface area contributed by atoms with E-state index in [0.29, 0.717) is 6.61 Å². The average molecular weight is 404 g/mol. The molecule has 4 heterocycles. The summed E-state index contributed by atoms with van der Waals surface area (Å²) in [6.45, 7) is 3.59. The molecule has 0 aliphatic carbocycles. The number of ether oxygens (including phenoxy) is 1. The molecule has 2 atom stereocenters. The van der Waals surface area contributed by atoms with Crippen LogP contribution in [0.15, 0.2) is 52.9 Å². The molecule has 3 aliphatic heterocycles. The monoisotopic (exact) mass is 403 g/mol. The van der Waals surface area contributed by atoms with E-state index in [1.54, 1.807) is 0 Å². The molecular weight excluding hydrogens is 374 g/mol. The number of hydrogen-bond donors (Lipinski definition) is 0. The Kier molecular flexibility index (Phi) is 5.24. The number of hydrogen-bond acceptors (Lipinski definition) is 3. The number of para-hydroxylation sites is 1. The van der Waals surface area contributed by atoms with E-state index >= 15 is 0 Å². The normalized spacial score (nSPS) is 22.7. The zero-order valence-electron chi connectivity index (χ0n) is 17.6. The fraction of sp³-hybridized carbons (Fsp3) is 0.423. The molecule has 2 bridgehead atoms. The van der Waals surface area contributed by atoms with Crippen LogP contribution >= 0.6 is 0 Å². The summed E-state index contributed by atoms with van der Waals surface area (Å²) in [5.74, 6) is 2.19. The van der Waals surface area contributed by atoms with Gasteiger partial charge in [-0.3, -0.25) is 4.79 Å². The van der Waals surface area contributed by atoms with Crippen LogP contribution < -0.4 is 4.74 Å². The van der Waals surface area contributed by atoms with Crippen molar-refractivity contribution in [2.24, 2.45) is 5.92 Å². The lowest BCUT2D eigenvalue weighted by Crippen LogP contribution is -2.40. The van der Waals surface area contributed by atoms with E-state index in [1.165, 1.54) is 16.5 Å². The molecule has 3 aromatic rings. The van der Waals surface area contributed by atoms with E-state index in [2.05, 4.69) is 36.1 Å². The van der Waals surface area contributed by atoms with Crippen molar-refractivity contribution in [3.05, 3.63) is 65.4 Å². The standard InChI is InChI=1S/C26H29NO3/c1-18-16-19-10-12-21(13-11-19)29-15-5-9-25-23(22-7-2-3-8-24(22)30-25)17-20-6-4-14-27(20)26(18)28/h2-3,7-8,10-13,18,20H,4-6,9,14-17H2,1H3/t18-,20-/m0/s1. The van der Waals surface area contributed by atoms with Crippen LogP contribution in [-0.2, 0) is 24.1 Å². The van der Waals surface area contributed by atoms with Gasteiger partial charge < -0.3 is 14.1 Å². The maximum Gasteiger partial charge on any atom is 0.225 e. The van der Waals surface area contributed by atoms with Crippen molar-refractivity contribution in [3.63, 3.8) is 0 Å². The maximum atomic E-state index is 13.3. The van der Waals surface area contributed by atoms with Gasteiger partial charge in [-0.15, -0.1) is 0 Å². The third kappa shape index (κ3) is 3.71. The number of furan rings is 1. The summed E-state index contributed by atoms with van der Waals surface area (Å²) in [6, 6.07) is 16.8. The number of aryl methyl sites for hydroxylation is 1. The second-order valence-electron chi connectivity index (χ2n) is 8.73. The van der Waals surface area contributed by atoms with Crippen LogP contribution in [0.3, 0.4) is 0 Å². The molecule has 6 rings (SSSR count). The van der Waals surface area contributed by atoms with Crippen LogP contribution in [0.1, 0.15) is 43.1 Å². The summed E-state index contributed by atoms with van der Waals surface area (Å²) < 4.78 is 12.2. The van der Waals surface area contributed by atoms with Gasteiger partial charge in [0.25, 0.3) is 0 Å². The van der Waals surface area contributed by atoms with Gasteiger partial charge in [-0.05, 0) is 55.9 Å². The number of rotatable bonds is 0. The van der Waals surface area contributed by atoms with E-state index in [9.17, 15) is 4.79 Å². The highest BCUT2D eigenvalue weighted by atomic mass is 16.5. The van der Waals surface area contributed by atoms with Gasteiger partial charge in [0.05, 0.1) is 6.61 Å². The first-order valence-corrected chi connectivity index (χ1v) is 11.2. The van der Waals surface area contributed by atoms with Gasteiger partial charge in [0.2, 0.25) is 5.91 Å². The van der Waals surface area contributed by atoms with Crippen LogP contribution in [0.4, 0.5) is 0 Å². The minimum atomic E-state index is -0.0224. The summed E-state index contributed by atoms with van der Waals surface area (Å²) in [6.07, 6.45) is 5.53. The Morgan fingerprint density at radius 1 is 1.00 bits per heavy atom. The highest BCUT2D eigenvalue weighted by Crippen LogP contribution is 2.32. The number of amides is 1. The molecule has 0 saturated carbocycles. The molecule has 0 N–H and O–H groups in total. The van der Waals surface area contributed by atoms with Crippen LogP contribution in [0.2, 0.25) is 0 Å². The van der Waals surface area contributed by atoms with Gasteiger partial charge in [-0.25, -0.2) is 0 Å². The Morgan fingerprint density at radius 3 is 2.70 bits per heavy atom. The van der Waals surface area contributed by atoms with Gasteiger partial charge in [0, 0.05) is 35.9 Å². The first kappa shape index (κ1) is 19.2. The number of carbonyl (C=O) groups excluding carboxylic acids is 1. The van der Waals surface area contributed by atoms with Crippen molar-refractivity contribution in [2.45, 2.75) is 51.5 Å². The molecule has 1 saturated heterocycles. The number of fused-ring (bicyclic) bond motifs is 8. The van der Waals surface area contributed by atoms with Crippen LogP contribution in [-0.4, -0.2) is 30.0 Å². The zero-order valence-corrected chi connectivity index (χ0v) is 17.6. The quantitative estimate of drug-likeness (QED) is 0.520. The number of benzene rings is 2. The smallest absolute Gasteiger partial charge is 0.225 e. The molecule has 0 radical (unpaired) electrons. The molecule has 1 aromatic heterocycles. The Morgan fingerprint density at radius 2 is 1.83 bits per heavy atom. The predicted molar refractivity (Wildman–Crippen MR) is 118 cm³/mol. The van der Waals surface area contributed by atoms with Crippen molar-refractivity contribution in [3.8, 4) is 5.75 Å². The highest BCUT2D eigenvalue weighted by molar-refractivity contribution is 5.83. The number of nitrogens with zero attached hydrogens (tertiary/aromatic N) is 1. The molecule has 0 spiro atoms. The van der Waals surface area contributed by atoms with Crippen molar-refractivity contribution in [1.29, 1.82) is 0 Å². The second-order valence-corrected chi connectivity index (χ2v) is 8.73. The van der Waals surface area contributed by atoms with Gasteiger partial charge in [0.15, 0.2) is 0 Å². The summed E-state index contributed by atoms with van der Waals surface area (Å²) in [4.78, 5) is 15.5. The minimum Gasteiger partial charge on any atom is -0.494 e. The van der Waals surface area contributed by atoms with Crippen molar-refractivity contribution in [1.82, 2.24) is 4.90 Å². The molecule has 30 heavy (non-hydrogen) atoms. The maximum absolute atomic E-state index is 13.3. The Bertz CT molecular complexity index is 1040. The summed E-state index contributed by atoms with van der Waals surface area (Å²) in [5, 5.41) is 1.19. The van der Waals surface area contributed by atoms with E-state index in [-0.39, 0.29) is 17.9 Å². The highest BCUT2D eigenvalue weighted by Gasteiger charge is 2.33. The third-order valence-corrected chi connectivity index (χ3v) is 6.59. The van der Waals surface area contributed by atoms with E-state index < -0.39 is 0 Å². The summed E-state index contributed by atoms with van der Waals surface area (Å²) in [5.41, 5.74) is 3.41. The lowest BCUT2D eigenvalue weighted by molar-refractivity contribution is -0.135. The molecule has 156 valence electrons. The van der Waals surface area contributed by atoms with E-state index in [4.69, 9.17) is 9.15 Å². The van der Waals surface area contributed by atoms with Crippen molar-refractivity contribution < 1.29 is 13.9 Å². The van der Waals surface area contributed by atoms with Crippen LogP contribution in [0.5, 0.6) is 5.75 Å². The minimum absolute atomic E-state index is 0.0224. The molecule has 4 nitrogen and oxygen atoms in total. The number of carbonyl (C=O) groups is 1. The van der Waals surface area contributed by atoms with E-state index in [0.717, 1.165) is 62.2 Å². The molecular formula is C26H29NO3.